The monoisotopic (exact) mass is 320 g/mol. The summed E-state index contributed by atoms with van der Waals surface area (Å²) in [5, 5.41) is 9.25. The SMILES string of the molecule is COCCOc1ccc(OCc2cccc(F)c2)cc1C(=O)O. The zero-order chi connectivity index (χ0) is 16.7. The van der Waals surface area contributed by atoms with Gasteiger partial charge in [0.25, 0.3) is 0 Å². The molecule has 0 fully saturated rings. The quantitative estimate of drug-likeness (QED) is 0.757. The minimum absolute atomic E-state index is 0.00200. The average Bonchev–Trinajstić information content (AvgIpc) is 2.54. The molecule has 0 spiro atoms. The summed E-state index contributed by atoms with van der Waals surface area (Å²) < 4.78 is 28.8. The maximum atomic E-state index is 13.1. The van der Waals surface area contributed by atoms with E-state index in [0.717, 1.165) is 0 Å². The van der Waals surface area contributed by atoms with E-state index in [-0.39, 0.29) is 30.3 Å². The van der Waals surface area contributed by atoms with E-state index in [1.165, 1.54) is 31.4 Å². The standard InChI is InChI=1S/C17H17FO5/c1-21-7-8-22-16-6-5-14(10-15(16)17(19)20)23-11-12-3-2-4-13(18)9-12/h2-6,9-10H,7-8,11H2,1H3,(H,19,20). The Hall–Kier alpha value is -2.60. The second-order valence-electron chi connectivity index (χ2n) is 4.72. The second-order valence-corrected chi connectivity index (χ2v) is 4.72. The lowest BCUT2D eigenvalue weighted by Crippen LogP contribution is -2.08. The maximum absolute atomic E-state index is 13.1. The summed E-state index contributed by atoms with van der Waals surface area (Å²) in [6.45, 7) is 0.748. The molecule has 6 heteroatoms. The maximum Gasteiger partial charge on any atom is 0.339 e. The van der Waals surface area contributed by atoms with Crippen molar-refractivity contribution in [3.8, 4) is 11.5 Å². The van der Waals surface area contributed by atoms with Crippen LogP contribution in [0.15, 0.2) is 42.5 Å². The van der Waals surface area contributed by atoms with E-state index in [1.54, 1.807) is 18.2 Å². The minimum atomic E-state index is -1.12. The molecule has 0 aromatic heterocycles. The molecular weight excluding hydrogens is 303 g/mol. The van der Waals surface area contributed by atoms with Crippen molar-refractivity contribution in [2.45, 2.75) is 6.61 Å². The lowest BCUT2D eigenvalue weighted by atomic mass is 10.2. The Kier molecular flexibility index (Phi) is 5.94. The molecular formula is C17H17FO5. The van der Waals surface area contributed by atoms with Gasteiger partial charge in [-0.05, 0) is 35.9 Å². The van der Waals surface area contributed by atoms with Gasteiger partial charge in [-0.3, -0.25) is 0 Å². The first-order chi connectivity index (χ1) is 11.1. The van der Waals surface area contributed by atoms with E-state index in [2.05, 4.69) is 0 Å². The summed E-state index contributed by atoms with van der Waals surface area (Å²) in [7, 11) is 1.53. The first-order valence-electron chi connectivity index (χ1n) is 6.96. The van der Waals surface area contributed by atoms with Crippen molar-refractivity contribution in [2.75, 3.05) is 20.3 Å². The Bertz CT molecular complexity index is 672. The van der Waals surface area contributed by atoms with Gasteiger partial charge in [-0.2, -0.15) is 0 Å². The fourth-order valence-electron chi connectivity index (χ4n) is 1.92. The Morgan fingerprint density at radius 1 is 1.13 bits per heavy atom. The van der Waals surface area contributed by atoms with Gasteiger partial charge in [-0.1, -0.05) is 12.1 Å². The van der Waals surface area contributed by atoms with Gasteiger partial charge in [0.15, 0.2) is 0 Å². The highest BCUT2D eigenvalue weighted by Gasteiger charge is 2.13. The number of carboxylic acid groups (broad SMARTS) is 1. The lowest BCUT2D eigenvalue weighted by molar-refractivity contribution is 0.0689. The van der Waals surface area contributed by atoms with Gasteiger partial charge in [-0.15, -0.1) is 0 Å². The highest BCUT2D eigenvalue weighted by atomic mass is 19.1. The normalized spacial score (nSPS) is 10.3. The molecule has 2 rings (SSSR count). The number of aromatic carboxylic acids is 1. The molecule has 0 heterocycles. The van der Waals surface area contributed by atoms with E-state index in [0.29, 0.717) is 17.9 Å². The van der Waals surface area contributed by atoms with Gasteiger partial charge in [0, 0.05) is 7.11 Å². The number of benzene rings is 2. The highest BCUT2D eigenvalue weighted by Crippen LogP contribution is 2.25. The second kappa shape index (κ2) is 8.14. The van der Waals surface area contributed by atoms with Crippen LogP contribution in [0.5, 0.6) is 11.5 Å². The molecule has 0 aliphatic rings. The summed E-state index contributed by atoms with van der Waals surface area (Å²) in [5.41, 5.74) is 0.653. The summed E-state index contributed by atoms with van der Waals surface area (Å²) in [4.78, 5) is 11.3. The van der Waals surface area contributed by atoms with E-state index in [1.807, 2.05) is 0 Å². The Morgan fingerprint density at radius 3 is 2.65 bits per heavy atom. The third kappa shape index (κ3) is 4.96. The molecule has 23 heavy (non-hydrogen) atoms. The highest BCUT2D eigenvalue weighted by molar-refractivity contribution is 5.91. The van der Waals surface area contributed by atoms with Crippen molar-refractivity contribution in [3.63, 3.8) is 0 Å². The van der Waals surface area contributed by atoms with Crippen LogP contribution in [0.4, 0.5) is 4.39 Å². The van der Waals surface area contributed by atoms with Gasteiger partial charge < -0.3 is 19.3 Å². The number of halogens is 1. The first kappa shape index (κ1) is 16.8. The van der Waals surface area contributed by atoms with Crippen LogP contribution >= 0.6 is 0 Å². The molecule has 2 aromatic carbocycles. The zero-order valence-corrected chi connectivity index (χ0v) is 12.6. The third-order valence-electron chi connectivity index (χ3n) is 3.02. The fourth-order valence-corrected chi connectivity index (χ4v) is 1.92. The van der Waals surface area contributed by atoms with Gasteiger partial charge >= 0.3 is 5.97 Å². The van der Waals surface area contributed by atoms with Crippen LogP contribution in [-0.2, 0) is 11.3 Å². The van der Waals surface area contributed by atoms with Crippen LogP contribution in [0.25, 0.3) is 0 Å². The van der Waals surface area contributed by atoms with Crippen molar-refractivity contribution in [1.82, 2.24) is 0 Å². The molecule has 0 radical (unpaired) electrons. The minimum Gasteiger partial charge on any atom is -0.490 e. The lowest BCUT2D eigenvalue weighted by Gasteiger charge is -2.11. The van der Waals surface area contributed by atoms with Crippen molar-refractivity contribution >= 4 is 5.97 Å². The molecule has 0 bridgehead atoms. The van der Waals surface area contributed by atoms with Crippen LogP contribution in [0.3, 0.4) is 0 Å². The van der Waals surface area contributed by atoms with Crippen LogP contribution in [-0.4, -0.2) is 31.4 Å². The smallest absolute Gasteiger partial charge is 0.339 e. The number of rotatable bonds is 8. The van der Waals surface area contributed by atoms with E-state index < -0.39 is 5.97 Å². The van der Waals surface area contributed by atoms with Crippen LogP contribution in [0.2, 0.25) is 0 Å². The van der Waals surface area contributed by atoms with Crippen molar-refractivity contribution in [1.29, 1.82) is 0 Å². The largest absolute Gasteiger partial charge is 0.490 e. The number of ether oxygens (including phenoxy) is 3. The molecule has 0 saturated heterocycles. The zero-order valence-electron chi connectivity index (χ0n) is 12.6. The van der Waals surface area contributed by atoms with Crippen LogP contribution < -0.4 is 9.47 Å². The summed E-state index contributed by atoms with van der Waals surface area (Å²) >= 11 is 0. The van der Waals surface area contributed by atoms with E-state index in [4.69, 9.17) is 14.2 Å². The molecule has 5 nitrogen and oxygen atoms in total. The van der Waals surface area contributed by atoms with Gasteiger partial charge in [0.1, 0.15) is 36.1 Å². The van der Waals surface area contributed by atoms with Gasteiger partial charge in [0.2, 0.25) is 0 Å². The molecule has 0 aliphatic heterocycles. The summed E-state index contributed by atoms with van der Waals surface area (Å²) in [6.07, 6.45) is 0. The van der Waals surface area contributed by atoms with Crippen molar-refractivity contribution < 1.29 is 28.5 Å². The molecule has 122 valence electrons. The van der Waals surface area contributed by atoms with E-state index >= 15 is 0 Å². The number of carbonyl (C=O) groups is 1. The molecule has 0 atom stereocenters. The van der Waals surface area contributed by atoms with Crippen LogP contribution in [0.1, 0.15) is 15.9 Å². The Labute approximate surface area is 133 Å². The average molecular weight is 320 g/mol. The number of hydrogen-bond acceptors (Lipinski definition) is 4. The van der Waals surface area contributed by atoms with Crippen LogP contribution in [0, 0.1) is 5.82 Å². The Balaban J connectivity index is 2.07. The van der Waals surface area contributed by atoms with Gasteiger partial charge in [0.05, 0.1) is 6.61 Å². The molecule has 0 saturated carbocycles. The first-order valence-corrected chi connectivity index (χ1v) is 6.96. The summed E-state index contributed by atoms with van der Waals surface area (Å²) in [5.74, 6) is -0.855. The topological polar surface area (TPSA) is 65.0 Å². The number of carboxylic acids is 1. The van der Waals surface area contributed by atoms with Crippen molar-refractivity contribution in [3.05, 3.63) is 59.4 Å². The third-order valence-corrected chi connectivity index (χ3v) is 3.02. The number of hydrogen-bond donors (Lipinski definition) is 1. The van der Waals surface area contributed by atoms with E-state index in [9.17, 15) is 14.3 Å². The van der Waals surface area contributed by atoms with Gasteiger partial charge in [-0.25, -0.2) is 9.18 Å². The molecule has 0 unspecified atom stereocenters. The predicted molar refractivity (Wildman–Crippen MR) is 81.5 cm³/mol. The summed E-state index contributed by atoms with van der Waals surface area (Å²) in [6, 6.07) is 10.5. The molecule has 0 amide bonds. The number of methoxy groups -OCH3 is 1. The fraction of sp³-hybridized carbons (Fsp3) is 0.235. The predicted octanol–water partition coefficient (Wildman–Crippen LogP) is 3.13. The molecule has 2 aromatic rings. The molecule has 1 N–H and O–H groups in total. The Morgan fingerprint density at radius 2 is 1.96 bits per heavy atom. The van der Waals surface area contributed by atoms with Crippen molar-refractivity contribution in [2.24, 2.45) is 0 Å². The molecule has 0 aliphatic carbocycles.